The van der Waals surface area contributed by atoms with E-state index in [-0.39, 0.29) is 32.0 Å². The van der Waals surface area contributed by atoms with Crippen LogP contribution in [0.1, 0.15) is 239 Å². The van der Waals surface area contributed by atoms with E-state index in [0.717, 1.165) is 32.1 Å². The smallest absolute Gasteiger partial charge is 0.306 e. The first-order valence-corrected chi connectivity index (χ1v) is 25.6. The summed E-state index contributed by atoms with van der Waals surface area (Å²) in [5.41, 5.74) is -1.41. The minimum absolute atomic E-state index is 0.0295. The van der Waals surface area contributed by atoms with Gasteiger partial charge in [-0.3, -0.25) is 14.2 Å². The zero-order valence-electron chi connectivity index (χ0n) is 38.5. The Morgan fingerprint density at radius 1 is 0.491 bits per heavy atom. The highest BCUT2D eigenvalue weighted by Crippen LogP contribution is 2.40. The molecule has 9 nitrogen and oxygen atoms in total. The molecule has 0 aliphatic carbocycles. The summed E-state index contributed by atoms with van der Waals surface area (Å²) in [7, 11) is 1.15. The van der Waals surface area contributed by atoms with Gasteiger partial charge in [0.1, 0.15) is 19.8 Å². The van der Waals surface area contributed by atoms with Crippen molar-refractivity contribution >= 4 is 19.8 Å². The number of phosphoric ester groups is 1. The molecular weight excluding hydrogens is 737 g/mol. The van der Waals surface area contributed by atoms with E-state index in [2.05, 4.69) is 13.8 Å². The Balaban J connectivity index is 4.68. The largest absolute Gasteiger partial charge is 0.756 e. The zero-order valence-corrected chi connectivity index (χ0v) is 39.4. The summed E-state index contributed by atoms with van der Waals surface area (Å²) in [6.45, 7) is 6.19. The topological polar surface area (TPSA) is 111 Å². The van der Waals surface area contributed by atoms with Gasteiger partial charge in [0.2, 0.25) is 0 Å². The summed E-state index contributed by atoms with van der Waals surface area (Å²) in [6, 6.07) is 0. The summed E-state index contributed by atoms with van der Waals surface area (Å²) in [6.07, 6.45) is 38.7. The van der Waals surface area contributed by atoms with Crippen LogP contribution in [0.5, 0.6) is 0 Å². The summed E-state index contributed by atoms with van der Waals surface area (Å²) in [5, 5.41) is 0. The van der Waals surface area contributed by atoms with Crippen molar-refractivity contribution in [3.63, 3.8) is 0 Å². The summed E-state index contributed by atoms with van der Waals surface area (Å²) in [5.74, 6) is -0.792. The molecule has 1 unspecified atom stereocenters. The zero-order chi connectivity index (χ0) is 42.4. The number of likely N-dealkylation sites (N-methyl/N-ethyl adjacent to an activating group) is 1. The van der Waals surface area contributed by atoms with Crippen molar-refractivity contribution in [1.29, 1.82) is 0 Å². The van der Waals surface area contributed by atoms with Gasteiger partial charge in [0.25, 0.3) is 7.82 Å². The second-order valence-corrected chi connectivity index (χ2v) is 19.4. The van der Waals surface area contributed by atoms with Crippen molar-refractivity contribution in [1.82, 2.24) is 0 Å². The third kappa shape index (κ3) is 38.9. The highest BCUT2D eigenvalue weighted by Gasteiger charge is 2.37. The maximum absolute atomic E-state index is 13.1. The van der Waals surface area contributed by atoms with Crippen molar-refractivity contribution in [2.75, 3.05) is 47.5 Å². The van der Waals surface area contributed by atoms with Gasteiger partial charge in [0, 0.05) is 12.8 Å². The highest BCUT2D eigenvalue weighted by molar-refractivity contribution is 7.45. The molecule has 0 aliphatic rings. The third-order valence-electron chi connectivity index (χ3n) is 11.0. The maximum atomic E-state index is 13.1. The van der Waals surface area contributed by atoms with Crippen molar-refractivity contribution in [2.45, 2.75) is 245 Å². The highest BCUT2D eigenvalue weighted by atomic mass is 31.2. The lowest BCUT2D eigenvalue weighted by Gasteiger charge is -2.35. The van der Waals surface area contributed by atoms with Crippen molar-refractivity contribution in [3.05, 3.63) is 0 Å². The van der Waals surface area contributed by atoms with E-state index in [1.54, 1.807) is 0 Å². The fourth-order valence-electron chi connectivity index (χ4n) is 7.27. The molecule has 340 valence electrons. The maximum Gasteiger partial charge on any atom is 0.306 e. The average molecular weight is 832 g/mol. The normalized spacial score (nSPS) is 14.0. The van der Waals surface area contributed by atoms with Gasteiger partial charge in [-0.2, -0.15) is 0 Å². The Morgan fingerprint density at radius 2 is 0.842 bits per heavy atom. The number of rotatable bonds is 44. The third-order valence-corrected chi connectivity index (χ3v) is 11.9. The second-order valence-electron chi connectivity index (χ2n) is 18.0. The minimum atomic E-state index is -4.68. The van der Waals surface area contributed by atoms with Crippen LogP contribution in [-0.4, -0.2) is 69.5 Å². The van der Waals surface area contributed by atoms with Gasteiger partial charge in [0.05, 0.1) is 27.7 Å². The molecule has 57 heavy (non-hydrogen) atoms. The summed E-state index contributed by atoms with van der Waals surface area (Å²) >= 11 is 0. The molecule has 0 aliphatic heterocycles. The first-order chi connectivity index (χ1) is 27.4. The van der Waals surface area contributed by atoms with Gasteiger partial charge in [-0.05, 0) is 19.3 Å². The van der Waals surface area contributed by atoms with Crippen LogP contribution in [0, 0.1) is 0 Å². The fraction of sp³-hybridized carbons (Fsp3) is 0.957. The second kappa shape index (κ2) is 38.0. The van der Waals surface area contributed by atoms with E-state index < -0.39 is 26.0 Å². The summed E-state index contributed by atoms with van der Waals surface area (Å²) in [4.78, 5) is 38.7. The molecule has 0 saturated carbocycles. The number of carbonyl (C=O) groups excluding carboxylic acids is 2. The predicted molar refractivity (Wildman–Crippen MR) is 236 cm³/mol. The Kier molecular flexibility index (Phi) is 37.3. The molecule has 10 heteroatoms. The van der Waals surface area contributed by atoms with Gasteiger partial charge in [-0.15, -0.1) is 0 Å². The van der Waals surface area contributed by atoms with E-state index in [0.29, 0.717) is 30.3 Å². The lowest BCUT2D eigenvalue weighted by atomic mass is 9.99. The van der Waals surface area contributed by atoms with Crippen LogP contribution >= 0.6 is 7.82 Å². The number of hydrogen-bond acceptors (Lipinski definition) is 8. The quantitative estimate of drug-likeness (QED) is 0.0258. The number of quaternary nitrogens is 1. The lowest BCUT2D eigenvalue weighted by molar-refractivity contribution is -0.870. The molecule has 0 radical (unpaired) electrons. The van der Waals surface area contributed by atoms with Crippen molar-refractivity contribution in [3.8, 4) is 0 Å². The minimum Gasteiger partial charge on any atom is -0.756 e. The fourth-order valence-corrected chi connectivity index (χ4v) is 8.04. The number of unbranched alkanes of at least 4 members (excludes halogenated alkanes) is 28. The molecule has 0 bridgehead atoms. The molecule has 2 atom stereocenters. The Bertz CT molecular complexity index is 974. The van der Waals surface area contributed by atoms with Crippen LogP contribution in [0.25, 0.3) is 0 Å². The monoisotopic (exact) mass is 832 g/mol. The van der Waals surface area contributed by atoms with E-state index in [4.69, 9.17) is 18.5 Å². The van der Waals surface area contributed by atoms with Gasteiger partial charge in [-0.1, -0.05) is 207 Å². The molecule has 0 aromatic carbocycles. The lowest BCUT2D eigenvalue weighted by Crippen LogP contribution is -2.45. The molecule has 0 fully saturated rings. The van der Waals surface area contributed by atoms with Crippen LogP contribution in [0.4, 0.5) is 0 Å². The molecule has 0 N–H and O–H groups in total. The number of nitrogens with zero attached hydrogens (tertiary/aromatic N) is 1. The van der Waals surface area contributed by atoms with E-state index in [9.17, 15) is 19.0 Å². The molecular formula is C47H94NO8P. The van der Waals surface area contributed by atoms with Gasteiger partial charge >= 0.3 is 11.9 Å². The van der Waals surface area contributed by atoms with Gasteiger partial charge < -0.3 is 27.9 Å². The number of hydrogen-bond donors (Lipinski definition) is 0. The molecule has 0 heterocycles. The average Bonchev–Trinajstić information content (AvgIpc) is 3.15. The van der Waals surface area contributed by atoms with Crippen LogP contribution in [0.2, 0.25) is 0 Å². The van der Waals surface area contributed by atoms with Crippen molar-refractivity contribution in [2.24, 2.45) is 0 Å². The molecule has 0 spiro atoms. The van der Waals surface area contributed by atoms with Crippen LogP contribution in [0.15, 0.2) is 0 Å². The van der Waals surface area contributed by atoms with Gasteiger partial charge in [-0.25, -0.2) is 0 Å². The molecule has 0 amide bonds. The van der Waals surface area contributed by atoms with E-state index in [1.165, 1.54) is 154 Å². The molecule has 0 saturated heterocycles. The Labute approximate surface area is 353 Å². The first kappa shape index (κ1) is 56.0. The number of ether oxygens (including phenoxy) is 2. The molecule has 0 rings (SSSR count). The van der Waals surface area contributed by atoms with Crippen LogP contribution in [0.3, 0.4) is 0 Å². The van der Waals surface area contributed by atoms with E-state index >= 15 is 0 Å². The Morgan fingerprint density at radius 3 is 1.19 bits per heavy atom. The Hall–Kier alpha value is -0.990. The number of esters is 2. The van der Waals surface area contributed by atoms with Crippen molar-refractivity contribution < 1.29 is 42.1 Å². The predicted octanol–water partition coefficient (Wildman–Crippen LogP) is 13.3. The molecule has 0 aromatic rings. The van der Waals surface area contributed by atoms with Crippen LogP contribution in [-0.2, 0) is 32.7 Å². The number of carbonyl (C=O) groups is 2. The van der Waals surface area contributed by atoms with E-state index in [1.807, 2.05) is 28.1 Å². The SMILES string of the molecule is CCCCCCCCCCCCCCCCCC(=O)OC[C@](CCC)(COP(=O)([O-])OCC[N+](C)(C)C)OC(=O)CCCCCCCCCCCCCCCCC. The molecule has 0 aromatic heterocycles. The number of phosphoric acid groups is 1. The van der Waals surface area contributed by atoms with Gasteiger partial charge in [0.15, 0.2) is 5.60 Å². The first-order valence-electron chi connectivity index (χ1n) is 24.2. The van der Waals surface area contributed by atoms with Crippen LogP contribution < -0.4 is 4.89 Å². The summed E-state index contributed by atoms with van der Waals surface area (Å²) < 4.78 is 35.3. The standard InChI is InChI=1S/C47H94NO8P/c1-7-10-12-14-16-18-20-22-24-26-28-30-32-34-36-38-45(49)53-43-47(40-9-3,44-55-57(51,52)54-42-41-48(4,5)6)56-46(50)39-37-35-33-31-29-27-25-23-21-19-17-15-13-11-8-2/h7-44H2,1-6H3/t47-/m1/s1.